The molecule has 0 fully saturated rings. The highest BCUT2D eigenvalue weighted by molar-refractivity contribution is 8.03. The lowest BCUT2D eigenvalue weighted by Crippen LogP contribution is -2.47. The van der Waals surface area contributed by atoms with E-state index in [4.69, 9.17) is 17.3 Å². The number of rotatable bonds is 2. The second-order valence-electron chi connectivity index (χ2n) is 4.37. The van der Waals surface area contributed by atoms with E-state index in [0.29, 0.717) is 4.99 Å². The van der Waals surface area contributed by atoms with Gasteiger partial charge in [-0.3, -0.25) is 4.79 Å². The van der Waals surface area contributed by atoms with E-state index in [1.54, 1.807) is 16.7 Å². The van der Waals surface area contributed by atoms with Crippen molar-refractivity contribution in [1.29, 1.82) is 0 Å². The Morgan fingerprint density at radius 3 is 2.76 bits per heavy atom. The Morgan fingerprint density at radius 1 is 1.47 bits per heavy atom. The predicted octanol–water partition coefficient (Wildman–Crippen LogP) is 2.79. The van der Waals surface area contributed by atoms with Gasteiger partial charge in [0.15, 0.2) is 0 Å². The second kappa shape index (κ2) is 4.31. The molecule has 2 rings (SSSR count). The summed E-state index contributed by atoms with van der Waals surface area (Å²) >= 11 is 7.08. The molecule has 1 aromatic carbocycles. The number of aliphatic carboxylic acids is 1. The summed E-state index contributed by atoms with van der Waals surface area (Å²) in [6.45, 7) is 3.95. The van der Waals surface area contributed by atoms with Crippen molar-refractivity contribution in [2.75, 3.05) is 11.4 Å². The van der Waals surface area contributed by atoms with Gasteiger partial charge in [0.1, 0.15) is 6.54 Å². The molecule has 0 aromatic heterocycles. The van der Waals surface area contributed by atoms with E-state index in [1.165, 1.54) is 0 Å². The van der Waals surface area contributed by atoms with Gasteiger partial charge >= 0.3 is 5.97 Å². The third-order valence-electron chi connectivity index (χ3n) is 2.57. The van der Waals surface area contributed by atoms with Crippen molar-refractivity contribution in [2.45, 2.75) is 23.5 Å². The smallest absolute Gasteiger partial charge is 0.323 e. The third-order valence-corrected chi connectivity index (χ3v) is 4.70. The Balaban J connectivity index is 2.48. The van der Waals surface area contributed by atoms with Crippen molar-refractivity contribution in [1.82, 2.24) is 0 Å². The van der Waals surface area contributed by atoms with E-state index < -0.39 is 5.97 Å². The number of carboxylic acids is 1. The lowest BCUT2D eigenvalue weighted by Gasteiger charge is -2.39. The number of anilines is 1. The molecule has 0 unspecified atom stereocenters. The maximum absolute atomic E-state index is 10.9. The number of fused-ring (bicyclic) bond motifs is 1. The predicted molar refractivity (Wildman–Crippen MR) is 74.0 cm³/mol. The average molecular weight is 267 g/mol. The average Bonchev–Trinajstić information content (AvgIpc) is 2.24. The van der Waals surface area contributed by atoms with Gasteiger partial charge in [-0.25, -0.2) is 0 Å². The fourth-order valence-electron chi connectivity index (χ4n) is 1.81. The molecule has 3 nitrogen and oxygen atoms in total. The zero-order chi connectivity index (χ0) is 12.6. The number of thioether (sulfide) groups is 1. The highest BCUT2D eigenvalue weighted by Gasteiger charge is 2.36. The van der Waals surface area contributed by atoms with Gasteiger partial charge in [0.05, 0.1) is 15.4 Å². The minimum Gasteiger partial charge on any atom is -0.480 e. The lowest BCUT2D eigenvalue weighted by molar-refractivity contribution is -0.135. The monoisotopic (exact) mass is 267 g/mol. The fourth-order valence-corrected chi connectivity index (χ4v) is 3.28. The Bertz CT molecular complexity index is 485. The van der Waals surface area contributed by atoms with Crippen LogP contribution in [0.1, 0.15) is 13.8 Å². The Labute approximate surface area is 110 Å². The molecule has 90 valence electrons. The minimum absolute atomic E-state index is 0.0835. The van der Waals surface area contributed by atoms with E-state index in [-0.39, 0.29) is 11.3 Å². The van der Waals surface area contributed by atoms with Crippen LogP contribution in [0.25, 0.3) is 0 Å². The molecule has 1 heterocycles. The van der Waals surface area contributed by atoms with Crippen molar-refractivity contribution in [2.24, 2.45) is 0 Å². The zero-order valence-corrected chi connectivity index (χ0v) is 11.3. The summed E-state index contributed by atoms with van der Waals surface area (Å²) in [4.78, 5) is 14.4. The highest BCUT2D eigenvalue weighted by Crippen LogP contribution is 2.45. The topological polar surface area (TPSA) is 40.5 Å². The fraction of sp³-hybridized carbons (Fsp3) is 0.333. The largest absolute Gasteiger partial charge is 0.480 e. The van der Waals surface area contributed by atoms with Gasteiger partial charge in [-0.1, -0.05) is 24.4 Å². The Hall–Kier alpha value is -1.07. The summed E-state index contributed by atoms with van der Waals surface area (Å²) in [5, 5.41) is 8.97. The molecule has 1 aliphatic heterocycles. The first-order valence-electron chi connectivity index (χ1n) is 5.23. The number of para-hydroxylation sites is 1. The van der Waals surface area contributed by atoms with E-state index in [1.807, 2.05) is 38.1 Å². The number of benzene rings is 1. The van der Waals surface area contributed by atoms with Crippen LogP contribution in [0.4, 0.5) is 5.69 Å². The zero-order valence-electron chi connectivity index (χ0n) is 9.64. The van der Waals surface area contributed by atoms with Crippen LogP contribution < -0.4 is 4.90 Å². The highest BCUT2D eigenvalue weighted by atomic mass is 32.2. The van der Waals surface area contributed by atoms with Crippen molar-refractivity contribution in [3.8, 4) is 0 Å². The van der Waals surface area contributed by atoms with Crippen molar-refractivity contribution >= 4 is 40.6 Å². The first-order valence-corrected chi connectivity index (χ1v) is 6.46. The van der Waals surface area contributed by atoms with Crippen LogP contribution in [0.3, 0.4) is 0 Å². The molecule has 17 heavy (non-hydrogen) atoms. The summed E-state index contributed by atoms with van der Waals surface area (Å²) in [5.74, 6) is -0.871. The summed E-state index contributed by atoms with van der Waals surface area (Å²) in [7, 11) is 0. The van der Waals surface area contributed by atoms with Crippen molar-refractivity contribution in [3.05, 3.63) is 24.3 Å². The molecule has 0 aliphatic carbocycles. The quantitative estimate of drug-likeness (QED) is 0.834. The van der Waals surface area contributed by atoms with Gasteiger partial charge < -0.3 is 10.0 Å². The molecular formula is C12H13NO2S2. The van der Waals surface area contributed by atoms with Crippen LogP contribution in [0.15, 0.2) is 29.2 Å². The first kappa shape index (κ1) is 12.4. The molecule has 0 bridgehead atoms. The number of hydrogen-bond acceptors (Lipinski definition) is 3. The van der Waals surface area contributed by atoms with Crippen molar-refractivity contribution in [3.63, 3.8) is 0 Å². The number of nitrogens with zero attached hydrogens (tertiary/aromatic N) is 1. The van der Waals surface area contributed by atoms with E-state index in [9.17, 15) is 4.79 Å². The SMILES string of the molecule is CC1(C)Sc2ccccc2N(CC(=O)O)C1=S. The number of thiocarbonyl (C=S) groups is 1. The molecule has 0 amide bonds. The maximum Gasteiger partial charge on any atom is 0.323 e. The first-order chi connectivity index (χ1) is 7.92. The molecule has 0 saturated heterocycles. The van der Waals surface area contributed by atoms with Crippen LogP contribution in [0, 0.1) is 0 Å². The van der Waals surface area contributed by atoms with Crippen molar-refractivity contribution < 1.29 is 9.90 Å². The number of hydrogen-bond donors (Lipinski definition) is 1. The Morgan fingerprint density at radius 2 is 2.12 bits per heavy atom. The van der Waals surface area contributed by atoms with E-state index in [0.717, 1.165) is 10.6 Å². The molecule has 1 aliphatic rings. The molecule has 5 heteroatoms. The summed E-state index contributed by atoms with van der Waals surface area (Å²) in [6, 6.07) is 7.76. The van der Waals surface area contributed by atoms with Gasteiger partial charge in [0, 0.05) is 4.90 Å². The van der Waals surface area contributed by atoms with Gasteiger partial charge in [0.2, 0.25) is 0 Å². The normalized spacial score (nSPS) is 17.8. The van der Waals surface area contributed by atoms with Crippen LogP contribution in [-0.4, -0.2) is 27.4 Å². The van der Waals surface area contributed by atoms with Gasteiger partial charge in [-0.05, 0) is 26.0 Å². The molecule has 1 N–H and O–H groups in total. The summed E-state index contributed by atoms with van der Waals surface area (Å²) in [6.07, 6.45) is 0. The molecule has 0 saturated carbocycles. The minimum atomic E-state index is -0.871. The molecule has 0 atom stereocenters. The van der Waals surface area contributed by atoms with Gasteiger partial charge in [0.25, 0.3) is 0 Å². The summed E-state index contributed by atoms with van der Waals surface area (Å²) < 4.78 is -0.251. The van der Waals surface area contributed by atoms with Crippen LogP contribution in [0.5, 0.6) is 0 Å². The van der Waals surface area contributed by atoms with Crippen LogP contribution in [-0.2, 0) is 4.79 Å². The van der Waals surface area contributed by atoms with E-state index >= 15 is 0 Å². The number of carboxylic acid groups (broad SMARTS) is 1. The maximum atomic E-state index is 10.9. The Kier molecular flexibility index (Phi) is 3.14. The molecule has 1 aromatic rings. The lowest BCUT2D eigenvalue weighted by atomic mass is 10.1. The summed E-state index contributed by atoms with van der Waals surface area (Å²) in [5.41, 5.74) is 0.893. The van der Waals surface area contributed by atoms with Crippen LogP contribution in [0.2, 0.25) is 0 Å². The van der Waals surface area contributed by atoms with Gasteiger partial charge in [-0.15, -0.1) is 11.8 Å². The van der Waals surface area contributed by atoms with Crippen LogP contribution >= 0.6 is 24.0 Å². The molecule has 0 radical (unpaired) electrons. The van der Waals surface area contributed by atoms with E-state index in [2.05, 4.69) is 0 Å². The molecule has 0 spiro atoms. The standard InChI is InChI=1S/C12H13NO2S2/c1-12(2)11(16)13(7-10(14)15)8-5-3-4-6-9(8)17-12/h3-6H,7H2,1-2H3,(H,14,15). The second-order valence-corrected chi connectivity index (χ2v) is 6.42. The van der Waals surface area contributed by atoms with Gasteiger partial charge in [-0.2, -0.15) is 0 Å². The molecular weight excluding hydrogens is 254 g/mol. The third kappa shape index (κ3) is 2.30. The number of carbonyl (C=O) groups is 1.